The van der Waals surface area contributed by atoms with Crippen molar-refractivity contribution in [3.8, 4) is 0 Å². The molecule has 2 aromatic rings. The van der Waals surface area contributed by atoms with Gasteiger partial charge in [0, 0.05) is 12.7 Å². The van der Waals surface area contributed by atoms with Gasteiger partial charge >= 0.3 is 0 Å². The summed E-state index contributed by atoms with van der Waals surface area (Å²) in [5, 5.41) is 12.7. The van der Waals surface area contributed by atoms with Gasteiger partial charge in [0.05, 0.1) is 23.1 Å². The number of nitrogens with zero attached hydrogens (tertiary/aromatic N) is 3. The lowest BCUT2D eigenvalue weighted by Crippen LogP contribution is -2.28. The molecule has 1 amide bonds. The highest BCUT2D eigenvalue weighted by Gasteiger charge is 2.31. The number of nitrogens with one attached hydrogen (secondary N) is 1. The van der Waals surface area contributed by atoms with E-state index in [9.17, 15) is 14.7 Å². The highest BCUT2D eigenvalue weighted by molar-refractivity contribution is 8.26. The van der Waals surface area contributed by atoms with E-state index in [0.717, 1.165) is 5.56 Å². The van der Waals surface area contributed by atoms with Gasteiger partial charge in [-0.25, -0.2) is 4.98 Å². The fourth-order valence-electron chi connectivity index (χ4n) is 2.93. The lowest BCUT2D eigenvalue weighted by atomic mass is 10.2. The quantitative estimate of drug-likeness (QED) is 0.550. The third-order valence-corrected chi connectivity index (χ3v) is 5.98. The van der Waals surface area contributed by atoms with Crippen LogP contribution in [0.25, 0.3) is 11.7 Å². The molecule has 2 aromatic heterocycles. The Hall–Kier alpha value is -2.23. The first-order valence-corrected chi connectivity index (χ1v) is 10.3. The molecule has 0 aromatic carbocycles. The van der Waals surface area contributed by atoms with Crippen molar-refractivity contribution in [2.45, 2.75) is 33.2 Å². The van der Waals surface area contributed by atoms with Gasteiger partial charge in [-0.1, -0.05) is 37.0 Å². The van der Waals surface area contributed by atoms with E-state index >= 15 is 0 Å². The molecule has 7 nitrogen and oxygen atoms in total. The van der Waals surface area contributed by atoms with Crippen molar-refractivity contribution in [3.05, 3.63) is 44.7 Å². The van der Waals surface area contributed by atoms with Crippen LogP contribution in [0.3, 0.4) is 0 Å². The second kappa shape index (κ2) is 8.42. The normalized spacial score (nSPS) is 17.0. The van der Waals surface area contributed by atoms with Gasteiger partial charge in [-0.3, -0.25) is 18.9 Å². The number of aryl methyl sites for hydroxylation is 1. The van der Waals surface area contributed by atoms with Gasteiger partial charge < -0.3 is 10.4 Å². The average Bonchev–Trinajstić information content (AvgIpc) is 2.95. The average molecular weight is 419 g/mol. The maximum Gasteiger partial charge on any atom is 0.267 e. The number of rotatable bonds is 6. The third kappa shape index (κ3) is 3.69. The Morgan fingerprint density at radius 3 is 2.75 bits per heavy atom. The summed E-state index contributed by atoms with van der Waals surface area (Å²) < 4.78 is 1.94. The molecule has 1 fully saturated rings. The Morgan fingerprint density at radius 2 is 2.14 bits per heavy atom. The molecule has 28 heavy (non-hydrogen) atoms. The molecule has 1 aliphatic rings. The van der Waals surface area contributed by atoms with Gasteiger partial charge in [0.2, 0.25) is 0 Å². The van der Waals surface area contributed by atoms with Crippen LogP contribution in [0.1, 0.15) is 31.4 Å². The van der Waals surface area contributed by atoms with Crippen LogP contribution in [0.5, 0.6) is 0 Å². The van der Waals surface area contributed by atoms with Gasteiger partial charge in [-0.05, 0) is 38.0 Å². The molecule has 148 valence electrons. The van der Waals surface area contributed by atoms with E-state index in [1.807, 2.05) is 26.8 Å². The van der Waals surface area contributed by atoms with Crippen LogP contribution >= 0.6 is 24.0 Å². The molecule has 1 unspecified atom stereocenters. The van der Waals surface area contributed by atoms with E-state index in [4.69, 9.17) is 12.2 Å². The molecule has 3 heterocycles. The topological polar surface area (TPSA) is 86.9 Å². The second-order valence-corrected chi connectivity index (χ2v) is 8.10. The van der Waals surface area contributed by atoms with Gasteiger partial charge in [0.25, 0.3) is 11.5 Å². The van der Waals surface area contributed by atoms with Crippen LogP contribution in [0.15, 0.2) is 28.0 Å². The molecule has 0 spiro atoms. The van der Waals surface area contributed by atoms with Crippen LogP contribution in [0, 0.1) is 6.92 Å². The molecule has 0 aliphatic carbocycles. The van der Waals surface area contributed by atoms with E-state index < -0.39 is 0 Å². The number of anilines is 1. The van der Waals surface area contributed by atoms with E-state index in [1.54, 1.807) is 18.3 Å². The third-order valence-electron chi connectivity index (χ3n) is 4.60. The molecule has 0 bridgehead atoms. The Balaban J connectivity index is 2.21. The number of carbonyl (C=O) groups is 1. The molecule has 1 saturated heterocycles. The van der Waals surface area contributed by atoms with E-state index in [1.165, 1.54) is 21.1 Å². The summed E-state index contributed by atoms with van der Waals surface area (Å²) in [7, 11) is 0. The number of aliphatic hydroxyl groups excluding tert-OH is 1. The Labute approximate surface area is 172 Å². The van der Waals surface area contributed by atoms with E-state index in [-0.39, 0.29) is 29.7 Å². The molecule has 1 atom stereocenters. The number of fused-ring (bicyclic) bond motifs is 1. The minimum Gasteiger partial charge on any atom is -0.394 e. The number of pyridine rings is 1. The van der Waals surface area contributed by atoms with Crippen molar-refractivity contribution in [3.63, 3.8) is 0 Å². The molecule has 2 N–H and O–H groups in total. The highest BCUT2D eigenvalue weighted by Crippen LogP contribution is 2.32. The highest BCUT2D eigenvalue weighted by atomic mass is 32.2. The first-order chi connectivity index (χ1) is 13.4. The lowest BCUT2D eigenvalue weighted by molar-refractivity contribution is -0.121. The maximum absolute atomic E-state index is 13.2. The number of hydrogen-bond acceptors (Lipinski definition) is 7. The number of carbonyl (C=O) groups excluding carboxylic acids is 1. The number of aliphatic hydroxyl groups is 1. The van der Waals surface area contributed by atoms with Crippen molar-refractivity contribution >= 4 is 51.7 Å². The minimum atomic E-state index is -0.286. The summed E-state index contributed by atoms with van der Waals surface area (Å²) in [6, 6.07) is 3.40. The number of hydrogen-bond donors (Lipinski definition) is 2. The summed E-state index contributed by atoms with van der Waals surface area (Å²) in [5.74, 6) is 0.133. The Morgan fingerprint density at radius 1 is 1.39 bits per heavy atom. The summed E-state index contributed by atoms with van der Waals surface area (Å²) in [6.07, 6.45) is 3.85. The molecule has 0 saturated carbocycles. The number of aromatic nitrogens is 2. The molecule has 1 aliphatic heterocycles. The van der Waals surface area contributed by atoms with Crippen molar-refractivity contribution < 1.29 is 9.90 Å². The predicted octanol–water partition coefficient (Wildman–Crippen LogP) is 2.41. The monoisotopic (exact) mass is 418 g/mol. The van der Waals surface area contributed by atoms with Crippen LogP contribution in [0.2, 0.25) is 0 Å². The predicted molar refractivity (Wildman–Crippen MR) is 117 cm³/mol. The zero-order valence-corrected chi connectivity index (χ0v) is 17.6. The summed E-state index contributed by atoms with van der Waals surface area (Å²) in [6.45, 7) is 6.04. The van der Waals surface area contributed by atoms with E-state index in [2.05, 4.69) is 10.3 Å². The van der Waals surface area contributed by atoms with Gasteiger partial charge in [-0.15, -0.1) is 0 Å². The molecular weight excluding hydrogens is 396 g/mol. The van der Waals surface area contributed by atoms with Crippen molar-refractivity contribution in [2.75, 3.05) is 18.5 Å². The fourth-order valence-corrected chi connectivity index (χ4v) is 4.29. The number of amides is 1. The first kappa shape index (κ1) is 20.5. The SMILES string of the molecule is CCC(CO)Nc1nc2c(C)cccn2c(=O)c1/C=C1\SC(=S)N(CC)C1=O. The number of thioether (sulfide) groups is 1. The Bertz CT molecular complexity index is 1030. The number of thiocarbonyl (C=S) groups is 1. The molecule has 0 radical (unpaired) electrons. The van der Waals surface area contributed by atoms with Crippen LogP contribution in [0.4, 0.5) is 5.82 Å². The summed E-state index contributed by atoms with van der Waals surface area (Å²) >= 11 is 6.43. The van der Waals surface area contributed by atoms with Gasteiger partial charge in [-0.2, -0.15) is 0 Å². The molecule has 9 heteroatoms. The lowest BCUT2D eigenvalue weighted by Gasteiger charge is -2.17. The van der Waals surface area contributed by atoms with Gasteiger partial charge in [0.1, 0.15) is 15.8 Å². The molecule has 3 rings (SSSR count). The summed E-state index contributed by atoms with van der Waals surface area (Å²) in [4.78, 5) is 32.3. The largest absolute Gasteiger partial charge is 0.394 e. The number of likely N-dealkylation sites (N-methyl/N-ethyl adjacent to an activating group) is 1. The second-order valence-electron chi connectivity index (χ2n) is 6.42. The Kier molecular flexibility index (Phi) is 6.17. The first-order valence-electron chi connectivity index (χ1n) is 9.05. The standard InChI is InChI=1S/C19H22N4O3S2/c1-4-12(10-24)20-15-13(9-14-18(26)22(5-2)19(27)28-14)17(25)23-8-6-7-11(3)16(23)21-15/h6-9,12,20,24H,4-5,10H2,1-3H3/b14-9-. The van der Waals surface area contributed by atoms with Crippen LogP contribution < -0.4 is 10.9 Å². The van der Waals surface area contributed by atoms with Crippen molar-refractivity contribution in [2.24, 2.45) is 0 Å². The zero-order valence-electron chi connectivity index (χ0n) is 15.9. The van der Waals surface area contributed by atoms with E-state index in [0.29, 0.717) is 33.7 Å². The minimum absolute atomic E-state index is 0.0945. The molecular formula is C19H22N4O3S2. The fraction of sp³-hybridized carbons (Fsp3) is 0.368. The van der Waals surface area contributed by atoms with Crippen LogP contribution in [-0.2, 0) is 4.79 Å². The summed E-state index contributed by atoms with van der Waals surface area (Å²) in [5.41, 5.74) is 1.36. The van der Waals surface area contributed by atoms with Crippen molar-refractivity contribution in [1.82, 2.24) is 14.3 Å². The zero-order chi connectivity index (χ0) is 20.4. The van der Waals surface area contributed by atoms with Crippen LogP contribution in [-0.4, -0.2) is 48.8 Å². The van der Waals surface area contributed by atoms with Gasteiger partial charge in [0.15, 0.2) is 0 Å². The maximum atomic E-state index is 13.2. The smallest absolute Gasteiger partial charge is 0.267 e. The van der Waals surface area contributed by atoms with Crippen molar-refractivity contribution in [1.29, 1.82) is 0 Å².